The van der Waals surface area contributed by atoms with E-state index in [0.717, 1.165) is 0 Å². The minimum atomic E-state index is 1.22. The van der Waals surface area contributed by atoms with Gasteiger partial charge in [0, 0.05) is 6.42 Å². The summed E-state index contributed by atoms with van der Waals surface area (Å²) in [7, 11) is 0. The Bertz CT molecular complexity index is 663. The summed E-state index contributed by atoms with van der Waals surface area (Å²) in [6, 6.07) is 0. The largest absolute Gasteiger partial charge is 0.256 e. The molecule has 0 saturated heterocycles. The summed E-state index contributed by atoms with van der Waals surface area (Å²) in [6.07, 6.45) is 51.9. The molecule has 0 aliphatic carbocycles. The molecule has 0 spiro atoms. The van der Waals surface area contributed by atoms with Crippen LogP contribution in [-0.2, 0) is 19.5 Å². The highest BCUT2D eigenvalue weighted by atomic mass is 15.1. The number of aromatic nitrogens is 2. The average Bonchev–Trinajstić information content (AvgIpc) is 3.40. The monoisotopic (exact) mass is 602 g/mol. The molecular weight excluding hydrogens is 520 g/mol. The van der Waals surface area contributed by atoms with E-state index in [4.69, 9.17) is 0 Å². The SMILES string of the molecule is CCCCCCCCCCCCCCCCCCc1n(CCCCCC)cc[n+]1CCCCCCCCCCCCCC. The average molecular weight is 602 g/mol. The summed E-state index contributed by atoms with van der Waals surface area (Å²) in [5.41, 5.74) is 0. The molecule has 0 fully saturated rings. The van der Waals surface area contributed by atoms with Crippen molar-refractivity contribution in [3.05, 3.63) is 18.2 Å². The van der Waals surface area contributed by atoms with Crippen molar-refractivity contribution in [3.8, 4) is 0 Å². The van der Waals surface area contributed by atoms with E-state index in [1.165, 1.54) is 225 Å². The maximum atomic E-state index is 2.63. The molecule has 0 radical (unpaired) electrons. The van der Waals surface area contributed by atoms with Crippen molar-refractivity contribution in [2.45, 2.75) is 246 Å². The Morgan fingerprint density at radius 1 is 0.395 bits per heavy atom. The summed E-state index contributed by atoms with van der Waals surface area (Å²) in [6.45, 7) is 9.39. The molecule has 0 N–H and O–H groups in total. The molecule has 254 valence electrons. The van der Waals surface area contributed by atoms with Crippen molar-refractivity contribution in [2.24, 2.45) is 0 Å². The molecule has 1 heterocycles. The second-order valence-corrected chi connectivity index (χ2v) is 14.1. The Balaban J connectivity index is 2.15. The van der Waals surface area contributed by atoms with Gasteiger partial charge in [-0.2, -0.15) is 0 Å². The lowest BCUT2D eigenvalue weighted by Crippen LogP contribution is -2.37. The van der Waals surface area contributed by atoms with Gasteiger partial charge in [-0.05, 0) is 32.1 Å². The van der Waals surface area contributed by atoms with E-state index in [1.54, 1.807) is 5.82 Å². The van der Waals surface area contributed by atoms with Gasteiger partial charge in [0.1, 0.15) is 12.4 Å². The number of unbranched alkanes of at least 4 members (excludes halogenated alkanes) is 29. The van der Waals surface area contributed by atoms with Crippen LogP contribution in [0.3, 0.4) is 0 Å². The first-order chi connectivity index (χ1) is 21.3. The number of imidazole rings is 1. The molecule has 43 heavy (non-hydrogen) atoms. The molecule has 1 aromatic heterocycles. The number of hydrogen-bond acceptors (Lipinski definition) is 0. The van der Waals surface area contributed by atoms with Gasteiger partial charge in [0.05, 0.1) is 13.1 Å². The van der Waals surface area contributed by atoms with E-state index in [0.29, 0.717) is 0 Å². The van der Waals surface area contributed by atoms with Crippen molar-refractivity contribution in [2.75, 3.05) is 0 Å². The molecule has 0 atom stereocenters. The van der Waals surface area contributed by atoms with Gasteiger partial charge < -0.3 is 0 Å². The fourth-order valence-corrected chi connectivity index (χ4v) is 6.86. The predicted molar refractivity (Wildman–Crippen MR) is 193 cm³/mol. The minimum absolute atomic E-state index is 1.22. The van der Waals surface area contributed by atoms with Crippen LogP contribution in [0.5, 0.6) is 0 Å². The minimum Gasteiger partial charge on any atom is -0.234 e. The van der Waals surface area contributed by atoms with Gasteiger partial charge in [-0.1, -0.05) is 194 Å². The Morgan fingerprint density at radius 3 is 1.12 bits per heavy atom. The molecule has 0 aromatic carbocycles. The fourth-order valence-electron chi connectivity index (χ4n) is 6.86. The third kappa shape index (κ3) is 25.1. The molecule has 0 unspecified atom stereocenters. The first kappa shape index (κ1) is 40.2. The van der Waals surface area contributed by atoms with Gasteiger partial charge in [-0.3, -0.25) is 0 Å². The lowest BCUT2D eigenvalue weighted by Gasteiger charge is -2.07. The standard InChI is InChI=1S/C41H81N2/c1-4-7-10-13-15-17-19-21-22-23-24-25-27-29-31-33-36-41-42(37-34-12-9-6-3)39-40-43(41)38-35-32-30-28-26-20-18-16-14-11-8-5-2/h39-40H,4-38H2,1-3H3/q+1. The smallest absolute Gasteiger partial charge is 0.234 e. The van der Waals surface area contributed by atoms with Crippen LogP contribution in [0, 0.1) is 0 Å². The maximum Gasteiger partial charge on any atom is 0.256 e. The van der Waals surface area contributed by atoms with Gasteiger partial charge in [-0.25, -0.2) is 9.13 Å². The molecule has 2 nitrogen and oxygen atoms in total. The summed E-state index contributed by atoms with van der Waals surface area (Å²) in [4.78, 5) is 0. The van der Waals surface area contributed by atoms with E-state index in [2.05, 4.69) is 42.3 Å². The van der Waals surface area contributed by atoms with Crippen LogP contribution in [-0.4, -0.2) is 4.57 Å². The Morgan fingerprint density at radius 2 is 0.721 bits per heavy atom. The topological polar surface area (TPSA) is 8.81 Å². The molecule has 0 saturated carbocycles. The Labute approximate surface area is 272 Å². The predicted octanol–water partition coefficient (Wildman–Crippen LogP) is 13.9. The van der Waals surface area contributed by atoms with Crippen molar-refractivity contribution >= 4 is 0 Å². The molecule has 2 heteroatoms. The zero-order valence-corrected chi connectivity index (χ0v) is 30.3. The number of aryl methyl sites for hydroxylation is 2. The fraction of sp³-hybridized carbons (Fsp3) is 0.927. The van der Waals surface area contributed by atoms with Crippen LogP contribution < -0.4 is 4.57 Å². The highest BCUT2D eigenvalue weighted by Crippen LogP contribution is 2.16. The van der Waals surface area contributed by atoms with Crippen molar-refractivity contribution in [1.29, 1.82) is 0 Å². The van der Waals surface area contributed by atoms with Crippen molar-refractivity contribution < 1.29 is 4.57 Å². The second-order valence-electron chi connectivity index (χ2n) is 14.1. The van der Waals surface area contributed by atoms with Gasteiger partial charge in [0.2, 0.25) is 0 Å². The normalized spacial score (nSPS) is 11.6. The molecular formula is C41H81N2+. The van der Waals surface area contributed by atoms with E-state index < -0.39 is 0 Å². The number of hydrogen-bond donors (Lipinski definition) is 0. The van der Waals surface area contributed by atoms with Gasteiger partial charge in [0.15, 0.2) is 0 Å². The summed E-state index contributed by atoms with van der Waals surface area (Å²) in [5, 5.41) is 0. The van der Waals surface area contributed by atoms with Gasteiger partial charge in [0.25, 0.3) is 5.82 Å². The zero-order chi connectivity index (χ0) is 30.9. The van der Waals surface area contributed by atoms with Gasteiger partial charge in [-0.15, -0.1) is 0 Å². The maximum absolute atomic E-state index is 2.63. The van der Waals surface area contributed by atoms with Crippen LogP contribution >= 0.6 is 0 Å². The Hall–Kier alpha value is -0.790. The van der Waals surface area contributed by atoms with Crippen LogP contribution in [0.15, 0.2) is 12.4 Å². The third-order valence-corrected chi connectivity index (χ3v) is 9.85. The van der Waals surface area contributed by atoms with Crippen molar-refractivity contribution in [1.82, 2.24) is 4.57 Å². The highest BCUT2D eigenvalue weighted by Gasteiger charge is 2.16. The van der Waals surface area contributed by atoms with Crippen LogP contribution in [0.4, 0.5) is 0 Å². The molecule has 1 aromatic rings. The lowest BCUT2D eigenvalue weighted by atomic mass is 10.0. The van der Waals surface area contributed by atoms with Gasteiger partial charge >= 0.3 is 0 Å². The molecule has 0 aliphatic rings. The molecule has 0 amide bonds. The van der Waals surface area contributed by atoms with Crippen LogP contribution in [0.1, 0.15) is 232 Å². The third-order valence-electron chi connectivity index (χ3n) is 9.85. The first-order valence-corrected chi connectivity index (χ1v) is 20.4. The van der Waals surface area contributed by atoms with E-state index in [-0.39, 0.29) is 0 Å². The molecule has 0 aliphatic heterocycles. The zero-order valence-electron chi connectivity index (χ0n) is 30.3. The lowest BCUT2D eigenvalue weighted by molar-refractivity contribution is -0.704. The Kier molecular flexibility index (Phi) is 30.5. The highest BCUT2D eigenvalue weighted by molar-refractivity contribution is 4.84. The van der Waals surface area contributed by atoms with E-state index in [9.17, 15) is 0 Å². The second kappa shape index (κ2) is 32.6. The van der Waals surface area contributed by atoms with Crippen molar-refractivity contribution in [3.63, 3.8) is 0 Å². The molecule has 1 rings (SSSR count). The summed E-state index contributed by atoms with van der Waals surface area (Å²) >= 11 is 0. The van der Waals surface area contributed by atoms with Crippen LogP contribution in [0.25, 0.3) is 0 Å². The molecule has 0 bridgehead atoms. The number of nitrogens with zero attached hydrogens (tertiary/aromatic N) is 2. The first-order valence-electron chi connectivity index (χ1n) is 20.4. The quantitative estimate of drug-likeness (QED) is 0.0540. The van der Waals surface area contributed by atoms with E-state index in [1.807, 2.05) is 0 Å². The number of rotatable bonds is 35. The van der Waals surface area contributed by atoms with E-state index >= 15 is 0 Å². The van der Waals surface area contributed by atoms with Crippen LogP contribution in [0.2, 0.25) is 0 Å². The summed E-state index contributed by atoms with van der Waals surface area (Å²) < 4.78 is 5.24. The summed E-state index contributed by atoms with van der Waals surface area (Å²) in [5.74, 6) is 1.62.